The van der Waals surface area contributed by atoms with Crippen molar-refractivity contribution < 1.29 is 4.79 Å². The van der Waals surface area contributed by atoms with E-state index in [1.54, 1.807) is 0 Å². The number of carbonyl (C=O) groups excluding carboxylic acids is 1. The Bertz CT molecular complexity index is 1140. The predicted molar refractivity (Wildman–Crippen MR) is 117 cm³/mol. The van der Waals surface area contributed by atoms with Gasteiger partial charge in [-0.2, -0.15) is 0 Å². The largest absolute Gasteiger partial charge is 0.373 e. The summed E-state index contributed by atoms with van der Waals surface area (Å²) in [5.74, 6) is 0.248. The molecule has 0 radical (unpaired) electrons. The molecule has 1 aliphatic carbocycles. The van der Waals surface area contributed by atoms with E-state index in [1.165, 1.54) is 5.57 Å². The second-order valence-electron chi connectivity index (χ2n) is 8.52. The molecule has 4 heteroatoms. The zero-order valence-electron chi connectivity index (χ0n) is 15.9. The van der Waals surface area contributed by atoms with E-state index < -0.39 is 0 Å². The van der Waals surface area contributed by atoms with E-state index in [0.717, 1.165) is 44.2 Å². The van der Waals surface area contributed by atoms with Gasteiger partial charge in [-0.05, 0) is 53.3 Å². The molecule has 3 aromatic rings. The first-order chi connectivity index (χ1) is 13.4. The molecule has 5 rings (SSSR count). The Balaban J connectivity index is 1.79. The third-order valence-corrected chi connectivity index (χ3v) is 6.33. The molecule has 1 atom stereocenters. The highest BCUT2D eigenvalue weighted by Gasteiger charge is 2.40. The standard InChI is InChI=1S/C24H21BrN2O/c1-24(2)12-17-21-16-4-3-11-26-18(16)9-10-19(21)27-23(22(17)20(28)13-24)14-5-7-15(25)8-6-14/h3-11,23,27H,12-13H2,1-2H3. The van der Waals surface area contributed by atoms with Crippen LogP contribution in [0.1, 0.15) is 43.9 Å². The van der Waals surface area contributed by atoms with Crippen LogP contribution in [0.15, 0.2) is 64.8 Å². The number of aromatic nitrogens is 1. The number of pyridine rings is 1. The molecule has 0 spiro atoms. The maximum atomic E-state index is 13.3. The molecule has 1 aromatic heterocycles. The summed E-state index contributed by atoms with van der Waals surface area (Å²) in [6.45, 7) is 4.38. The maximum Gasteiger partial charge on any atom is 0.162 e. The van der Waals surface area contributed by atoms with Gasteiger partial charge >= 0.3 is 0 Å². The van der Waals surface area contributed by atoms with Gasteiger partial charge in [-0.1, -0.05) is 48.0 Å². The van der Waals surface area contributed by atoms with E-state index in [4.69, 9.17) is 0 Å². The zero-order valence-corrected chi connectivity index (χ0v) is 17.5. The number of nitrogens with one attached hydrogen (secondary N) is 1. The van der Waals surface area contributed by atoms with Crippen molar-refractivity contribution in [2.75, 3.05) is 5.32 Å². The second kappa shape index (κ2) is 6.28. The van der Waals surface area contributed by atoms with E-state index in [9.17, 15) is 4.79 Å². The number of Topliss-reactive ketones (excluding diaryl/α,β-unsaturated/α-hetero) is 1. The number of halogens is 1. The molecule has 2 aliphatic rings. The highest BCUT2D eigenvalue weighted by molar-refractivity contribution is 9.10. The number of hydrogen-bond acceptors (Lipinski definition) is 3. The van der Waals surface area contributed by atoms with E-state index in [1.807, 2.05) is 24.4 Å². The molecular formula is C24H21BrN2O. The average Bonchev–Trinajstić information content (AvgIpc) is 2.66. The SMILES string of the molecule is CC1(C)CC(=O)C2=C(C1)c1c(ccc3ncccc13)NC2c1ccc(Br)cc1. The second-order valence-corrected chi connectivity index (χ2v) is 9.44. The summed E-state index contributed by atoms with van der Waals surface area (Å²) in [5, 5.41) is 4.77. The quantitative estimate of drug-likeness (QED) is 0.489. The monoisotopic (exact) mass is 432 g/mol. The Morgan fingerprint density at radius 3 is 2.64 bits per heavy atom. The first kappa shape index (κ1) is 17.6. The number of rotatable bonds is 1. The van der Waals surface area contributed by atoms with Gasteiger partial charge in [0.05, 0.1) is 11.6 Å². The van der Waals surface area contributed by atoms with Gasteiger partial charge in [0.2, 0.25) is 0 Å². The van der Waals surface area contributed by atoms with Gasteiger partial charge in [0.25, 0.3) is 0 Å². The van der Waals surface area contributed by atoms with Crippen molar-refractivity contribution in [2.45, 2.75) is 32.7 Å². The van der Waals surface area contributed by atoms with Crippen molar-refractivity contribution in [1.29, 1.82) is 0 Å². The van der Waals surface area contributed by atoms with Crippen LogP contribution < -0.4 is 5.32 Å². The molecule has 1 aliphatic heterocycles. The smallest absolute Gasteiger partial charge is 0.162 e. The third-order valence-electron chi connectivity index (χ3n) is 5.80. The van der Waals surface area contributed by atoms with Crippen molar-refractivity contribution in [2.24, 2.45) is 5.41 Å². The van der Waals surface area contributed by atoms with Crippen LogP contribution in [-0.4, -0.2) is 10.8 Å². The highest BCUT2D eigenvalue weighted by atomic mass is 79.9. The molecule has 0 saturated heterocycles. The minimum Gasteiger partial charge on any atom is -0.373 e. The number of allylic oxidation sites excluding steroid dienone is 1. The summed E-state index contributed by atoms with van der Waals surface area (Å²) in [4.78, 5) is 17.8. The zero-order chi connectivity index (χ0) is 19.5. The maximum absolute atomic E-state index is 13.3. The molecule has 140 valence electrons. The lowest BCUT2D eigenvalue weighted by Crippen LogP contribution is -2.33. The van der Waals surface area contributed by atoms with Crippen LogP contribution in [0.4, 0.5) is 5.69 Å². The molecule has 0 saturated carbocycles. The van der Waals surface area contributed by atoms with Crippen molar-refractivity contribution in [3.8, 4) is 0 Å². The fourth-order valence-electron chi connectivity index (χ4n) is 4.62. The van der Waals surface area contributed by atoms with Gasteiger partial charge in [-0.15, -0.1) is 0 Å². The van der Waals surface area contributed by atoms with Gasteiger partial charge in [-0.3, -0.25) is 9.78 Å². The Morgan fingerprint density at radius 2 is 1.86 bits per heavy atom. The van der Waals surface area contributed by atoms with Crippen LogP contribution in [0.3, 0.4) is 0 Å². The molecule has 0 fully saturated rings. The predicted octanol–water partition coefficient (Wildman–Crippen LogP) is 6.31. The summed E-state index contributed by atoms with van der Waals surface area (Å²) in [6.07, 6.45) is 3.30. The number of benzene rings is 2. The molecule has 3 nitrogen and oxygen atoms in total. The first-order valence-electron chi connectivity index (χ1n) is 9.59. The lowest BCUT2D eigenvalue weighted by molar-refractivity contribution is -0.118. The van der Waals surface area contributed by atoms with Crippen molar-refractivity contribution in [1.82, 2.24) is 4.98 Å². The summed E-state index contributed by atoms with van der Waals surface area (Å²) >= 11 is 3.51. The molecule has 1 N–H and O–H groups in total. The number of nitrogens with zero attached hydrogens (tertiary/aromatic N) is 1. The number of carbonyl (C=O) groups is 1. The molecule has 28 heavy (non-hydrogen) atoms. The van der Waals surface area contributed by atoms with Crippen molar-refractivity contribution >= 4 is 43.9 Å². The molecule has 0 amide bonds. The van der Waals surface area contributed by atoms with Gasteiger partial charge in [0.15, 0.2) is 5.78 Å². The highest BCUT2D eigenvalue weighted by Crippen LogP contribution is 2.51. The van der Waals surface area contributed by atoms with Gasteiger partial charge in [0, 0.05) is 39.3 Å². The Kier molecular flexibility index (Phi) is 3.95. The Labute approximate surface area is 173 Å². The summed E-state index contributed by atoms with van der Waals surface area (Å²) in [5.41, 5.74) is 6.37. The fourth-order valence-corrected chi connectivity index (χ4v) is 4.89. The van der Waals surface area contributed by atoms with E-state index in [-0.39, 0.29) is 17.2 Å². The fraction of sp³-hybridized carbons (Fsp3) is 0.250. The van der Waals surface area contributed by atoms with Gasteiger partial charge in [-0.25, -0.2) is 0 Å². The number of anilines is 1. The number of ketones is 1. The first-order valence-corrected chi connectivity index (χ1v) is 10.4. The summed E-state index contributed by atoms with van der Waals surface area (Å²) in [6, 6.07) is 16.4. The summed E-state index contributed by atoms with van der Waals surface area (Å²) in [7, 11) is 0. The van der Waals surface area contributed by atoms with Crippen LogP contribution in [0, 0.1) is 5.41 Å². The van der Waals surface area contributed by atoms with Crippen molar-refractivity contribution in [3.63, 3.8) is 0 Å². The summed E-state index contributed by atoms with van der Waals surface area (Å²) < 4.78 is 1.04. The normalized spacial score (nSPS) is 20.5. The minimum absolute atomic E-state index is 0.0425. The minimum atomic E-state index is -0.117. The molecule has 1 unspecified atom stereocenters. The van der Waals surface area contributed by atoms with E-state index in [2.05, 4.69) is 70.4 Å². The number of hydrogen-bond donors (Lipinski definition) is 1. The number of fused-ring (bicyclic) bond motifs is 4. The van der Waals surface area contributed by atoms with Crippen LogP contribution in [-0.2, 0) is 4.79 Å². The molecular weight excluding hydrogens is 412 g/mol. The van der Waals surface area contributed by atoms with E-state index >= 15 is 0 Å². The topological polar surface area (TPSA) is 42.0 Å². The molecule has 2 heterocycles. The van der Waals surface area contributed by atoms with Gasteiger partial charge < -0.3 is 5.32 Å². The van der Waals surface area contributed by atoms with Gasteiger partial charge in [0.1, 0.15) is 0 Å². The third kappa shape index (κ3) is 2.78. The Hall–Kier alpha value is -2.46. The van der Waals surface area contributed by atoms with Crippen molar-refractivity contribution in [3.05, 3.63) is 75.9 Å². The lowest BCUT2D eigenvalue weighted by Gasteiger charge is -2.40. The average molecular weight is 433 g/mol. The lowest BCUT2D eigenvalue weighted by atomic mass is 9.68. The Morgan fingerprint density at radius 1 is 1.07 bits per heavy atom. The van der Waals surface area contributed by atoms with Crippen LogP contribution >= 0.6 is 15.9 Å². The van der Waals surface area contributed by atoms with Crippen LogP contribution in [0.2, 0.25) is 0 Å². The molecule has 0 bridgehead atoms. The van der Waals surface area contributed by atoms with Crippen LogP contribution in [0.5, 0.6) is 0 Å². The molecule has 2 aromatic carbocycles. The van der Waals surface area contributed by atoms with E-state index in [0.29, 0.717) is 6.42 Å². The van der Waals surface area contributed by atoms with Crippen LogP contribution in [0.25, 0.3) is 16.5 Å².